The molecule has 1 aromatic rings. The van der Waals surface area contributed by atoms with Crippen LogP contribution in [0.15, 0.2) is 29.2 Å². The summed E-state index contributed by atoms with van der Waals surface area (Å²) in [6.07, 6.45) is 9.96. The van der Waals surface area contributed by atoms with Gasteiger partial charge in [0.25, 0.3) is 0 Å². The van der Waals surface area contributed by atoms with Crippen molar-refractivity contribution in [2.24, 2.45) is 0 Å². The third-order valence-electron chi connectivity index (χ3n) is 6.08. The Bertz CT molecular complexity index is 812. The van der Waals surface area contributed by atoms with Gasteiger partial charge in [0.1, 0.15) is 6.04 Å². The van der Waals surface area contributed by atoms with Gasteiger partial charge < -0.3 is 5.32 Å². The van der Waals surface area contributed by atoms with Gasteiger partial charge in [0.05, 0.1) is 4.90 Å². The van der Waals surface area contributed by atoms with Crippen molar-refractivity contribution in [3.63, 3.8) is 0 Å². The molecule has 29 heavy (non-hydrogen) atoms. The van der Waals surface area contributed by atoms with E-state index in [2.05, 4.69) is 5.32 Å². The zero-order chi connectivity index (χ0) is 20.9. The summed E-state index contributed by atoms with van der Waals surface area (Å²) in [7, 11) is -3.79. The van der Waals surface area contributed by atoms with Gasteiger partial charge in [0.2, 0.25) is 15.9 Å². The number of carbonyl (C=O) groups is 2. The van der Waals surface area contributed by atoms with Gasteiger partial charge >= 0.3 is 0 Å². The SMILES string of the molecule is CC(=O)c1ccc(S(=O)(=O)N2CCCCC2C(=O)NC2CCCCCCC2)cc1. The lowest BCUT2D eigenvalue weighted by Gasteiger charge is -2.35. The molecule has 1 N–H and O–H groups in total. The van der Waals surface area contributed by atoms with Crippen LogP contribution in [0.4, 0.5) is 0 Å². The van der Waals surface area contributed by atoms with Crippen LogP contribution in [0.1, 0.15) is 81.5 Å². The molecule has 6 nitrogen and oxygen atoms in total. The number of rotatable bonds is 5. The summed E-state index contributed by atoms with van der Waals surface area (Å²) in [6, 6.07) is 5.47. The first kappa shape index (κ1) is 22.0. The smallest absolute Gasteiger partial charge is 0.243 e. The highest BCUT2D eigenvalue weighted by Crippen LogP contribution is 2.26. The van der Waals surface area contributed by atoms with E-state index in [0.717, 1.165) is 38.5 Å². The maximum Gasteiger partial charge on any atom is 0.243 e. The van der Waals surface area contributed by atoms with E-state index in [9.17, 15) is 18.0 Å². The van der Waals surface area contributed by atoms with E-state index in [0.29, 0.717) is 18.5 Å². The van der Waals surface area contributed by atoms with Crippen LogP contribution in [0.3, 0.4) is 0 Å². The number of nitrogens with zero attached hydrogens (tertiary/aromatic N) is 1. The molecule has 0 aromatic heterocycles. The number of benzene rings is 1. The minimum Gasteiger partial charge on any atom is -0.352 e. The summed E-state index contributed by atoms with van der Waals surface area (Å²) in [5.74, 6) is -0.275. The van der Waals surface area contributed by atoms with Crippen molar-refractivity contribution >= 4 is 21.7 Å². The van der Waals surface area contributed by atoms with Crippen molar-refractivity contribution < 1.29 is 18.0 Å². The summed E-state index contributed by atoms with van der Waals surface area (Å²) in [4.78, 5) is 24.6. The molecule has 0 radical (unpaired) electrons. The molecule has 1 aliphatic carbocycles. The van der Waals surface area contributed by atoms with E-state index in [1.54, 1.807) is 0 Å². The highest BCUT2D eigenvalue weighted by Gasteiger charge is 2.38. The Morgan fingerprint density at radius 3 is 2.10 bits per heavy atom. The number of hydrogen-bond acceptors (Lipinski definition) is 4. The Morgan fingerprint density at radius 2 is 1.48 bits per heavy atom. The van der Waals surface area contributed by atoms with Crippen molar-refractivity contribution in [3.8, 4) is 0 Å². The van der Waals surface area contributed by atoms with E-state index < -0.39 is 16.1 Å². The van der Waals surface area contributed by atoms with E-state index in [1.165, 1.54) is 54.8 Å². The van der Waals surface area contributed by atoms with E-state index in [1.807, 2.05) is 0 Å². The summed E-state index contributed by atoms with van der Waals surface area (Å²) in [5.41, 5.74) is 0.473. The zero-order valence-corrected chi connectivity index (χ0v) is 18.0. The fourth-order valence-corrected chi connectivity index (χ4v) is 6.01. The van der Waals surface area contributed by atoms with Gasteiger partial charge in [-0.15, -0.1) is 0 Å². The second-order valence-corrected chi connectivity index (χ2v) is 10.1. The first-order chi connectivity index (χ1) is 13.9. The van der Waals surface area contributed by atoms with Crippen LogP contribution in [0.2, 0.25) is 0 Å². The highest BCUT2D eigenvalue weighted by molar-refractivity contribution is 7.89. The minimum absolute atomic E-state index is 0.108. The average Bonchev–Trinajstić information content (AvgIpc) is 2.70. The zero-order valence-electron chi connectivity index (χ0n) is 17.2. The lowest BCUT2D eigenvalue weighted by molar-refractivity contribution is -0.126. The number of nitrogens with one attached hydrogen (secondary N) is 1. The number of sulfonamides is 1. The highest BCUT2D eigenvalue weighted by atomic mass is 32.2. The molecule has 160 valence electrons. The summed E-state index contributed by atoms with van der Waals surface area (Å²) in [5, 5.41) is 3.14. The predicted octanol–water partition coefficient (Wildman–Crippen LogP) is 3.66. The van der Waals surface area contributed by atoms with Crippen molar-refractivity contribution in [3.05, 3.63) is 29.8 Å². The molecule has 1 amide bonds. The average molecular weight is 421 g/mol. The second-order valence-electron chi connectivity index (χ2n) is 8.26. The monoisotopic (exact) mass is 420 g/mol. The second kappa shape index (κ2) is 9.85. The van der Waals surface area contributed by atoms with Crippen LogP contribution in [-0.4, -0.2) is 43.0 Å². The maximum absolute atomic E-state index is 13.2. The van der Waals surface area contributed by atoms with Gasteiger partial charge in [-0.2, -0.15) is 4.31 Å². The van der Waals surface area contributed by atoms with Gasteiger partial charge in [-0.05, 0) is 44.7 Å². The van der Waals surface area contributed by atoms with Crippen LogP contribution in [0.25, 0.3) is 0 Å². The third-order valence-corrected chi connectivity index (χ3v) is 8.00. The van der Waals surface area contributed by atoms with E-state index in [4.69, 9.17) is 0 Å². The number of ketones is 1. The quantitative estimate of drug-likeness (QED) is 0.737. The molecule has 0 bridgehead atoms. The van der Waals surface area contributed by atoms with Crippen LogP contribution >= 0.6 is 0 Å². The number of Topliss-reactive ketones (excluding diaryl/α,β-unsaturated/α-hetero) is 1. The Labute approximate surface area is 174 Å². The fraction of sp³-hybridized carbons (Fsp3) is 0.636. The molecule has 0 spiro atoms. The van der Waals surface area contributed by atoms with E-state index in [-0.39, 0.29) is 22.6 Å². The maximum atomic E-state index is 13.2. The normalized spacial score (nSPS) is 22.4. The molecule has 1 aliphatic heterocycles. The molecule has 1 saturated carbocycles. The molecule has 1 aromatic carbocycles. The molecular weight excluding hydrogens is 388 g/mol. The molecule has 1 unspecified atom stereocenters. The molecule has 3 rings (SSSR count). The first-order valence-electron chi connectivity index (χ1n) is 10.8. The summed E-state index contributed by atoms with van der Waals surface area (Å²) in [6.45, 7) is 1.80. The standard InChI is InChI=1S/C22H32N2O4S/c1-17(25)18-12-14-20(15-13-18)29(27,28)24-16-8-7-11-21(24)22(26)23-19-9-5-3-2-4-6-10-19/h12-15,19,21H,2-11,16H2,1H3,(H,23,26). The molecule has 1 atom stereocenters. The predicted molar refractivity (Wildman–Crippen MR) is 112 cm³/mol. The summed E-state index contributed by atoms with van der Waals surface area (Å²) < 4.78 is 27.8. The molecule has 1 heterocycles. The van der Waals surface area contributed by atoms with Crippen LogP contribution in [0.5, 0.6) is 0 Å². The van der Waals surface area contributed by atoms with Crippen molar-refractivity contribution in [1.82, 2.24) is 9.62 Å². The van der Waals surface area contributed by atoms with Gasteiger partial charge in [-0.3, -0.25) is 9.59 Å². The van der Waals surface area contributed by atoms with Gasteiger partial charge in [0, 0.05) is 18.2 Å². The van der Waals surface area contributed by atoms with Crippen molar-refractivity contribution in [1.29, 1.82) is 0 Å². The Kier molecular flexibility index (Phi) is 7.46. The molecule has 7 heteroatoms. The van der Waals surface area contributed by atoms with Gasteiger partial charge in [-0.25, -0.2) is 8.42 Å². The number of carbonyl (C=O) groups excluding carboxylic acids is 2. The Balaban J connectivity index is 1.75. The number of amides is 1. The Morgan fingerprint density at radius 1 is 0.897 bits per heavy atom. The largest absolute Gasteiger partial charge is 0.352 e. The van der Waals surface area contributed by atoms with Gasteiger partial charge in [-0.1, -0.05) is 50.7 Å². The van der Waals surface area contributed by atoms with Crippen molar-refractivity contribution in [2.75, 3.05) is 6.54 Å². The molecule has 1 saturated heterocycles. The van der Waals surface area contributed by atoms with Crippen LogP contribution < -0.4 is 5.32 Å². The molecule has 2 fully saturated rings. The summed E-state index contributed by atoms with van der Waals surface area (Å²) >= 11 is 0. The van der Waals surface area contributed by atoms with Crippen LogP contribution in [-0.2, 0) is 14.8 Å². The number of piperidine rings is 1. The van der Waals surface area contributed by atoms with Gasteiger partial charge in [0.15, 0.2) is 5.78 Å². The lowest BCUT2D eigenvalue weighted by atomic mass is 9.96. The van der Waals surface area contributed by atoms with Crippen LogP contribution in [0, 0.1) is 0 Å². The Hall–Kier alpha value is -1.73. The fourth-order valence-electron chi connectivity index (χ4n) is 4.35. The molecular formula is C22H32N2O4S. The number of hydrogen-bond donors (Lipinski definition) is 1. The first-order valence-corrected chi connectivity index (χ1v) is 12.3. The minimum atomic E-state index is -3.79. The van der Waals surface area contributed by atoms with E-state index >= 15 is 0 Å². The lowest BCUT2D eigenvalue weighted by Crippen LogP contribution is -2.53. The van der Waals surface area contributed by atoms with Crippen molar-refractivity contribution in [2.45, 2.75) is 88.1 Å². The third kappa shape index (κ3) is 5.45. The molecule has 2 aliphatic rings. The topological polar surface area (TPSA) is 83.6 Å².